The Bertz CT molecular complexity index is 722. The van der Waals surface area contributed by atoms with E-state index in [1.54, 1.807) is 6.07 Å². The van der Waals surface area contributed by atoms with Gasteiger partial charge in [-0.05, 0) is 17.4 Å². The van der Waals surface area contributed by atoms with Crippen LogP contribution in [0.25, 0.3) is 6.08 Å². The number of hydrogen-bond donors (Lipinski definition) is 1. The van der Waals surface area contributed by atoms with E-state index < -0.39 is 11.9 Å². The molecule has 7 heteroatoms. The van der Waals surface area contributed by atoms with E-state index in [9.17, 15) is 9.59 Å². The van der Waals surface area contributed by atoms with Crippen molar-refractivity contribution >= 4 is 18.0 Å². The minimum atomic E-state index is -0.649. The molecule has 1 aliphatic rings. The van der Waals surface area contributed by atoms with Crippen molar-refractivity contribution in [3.8, 4) is 5.75 Å². The van der Waals surface area contributed by atoms with Crippen molar-refractivity contribution in [2.45, 2.75) is 0 Å². The molecular formula is C15H16NO6+. The summed E-state index contributed by atoms with van der Waals surface area (Å²) in [4.78, 5) is 22.8. The van der Waals surface area contributed by atoms with E-state index in [4.69, 9.17) is 9.16 Å². The van der Waals surface area contributed by atoms with Gasteiger partial charge in [0.25, 0.3) is 0 Å². The van der Waals surface area contributed by atoms with Gasteiger partial charge in [0.15, 0.2) is 0 Å². The lowest BCUT2D eigenvalue weighted by Gasteiger charge is -2.06. The fourth-order valence-corrected chi connectivity index (χ4v) is 1.79. The Morgan fingerprint density at radius 1 is 1.36 bits per heavy atom. The molecule has 1 aliphatic heterocycles. The summed E-state index contributed by atoms with van der Waals surface area (Å²) >= 11 is 0. The first-order valence-corrected chi connectivity index (χ1v) is 6.48. The number of fused-ring (bicyclic) bond motifs is 1. The van der Waals surface area contributed by atoms with Gasteiger partial charge in [0.1, 0.15) is 5.70 Å². The van der Waals surface area contributed by atoms with Gasteiger partial charge in [-0.1, -0.05) is 6.08 Å². The molecule has 0 saturated heterocycles. The van der Waals surface area contributed by atoms with Crippen molar-refractivity contribution in [3.63, 3.8) is 0 Å². The number of methoxy groups -OCH3 is 2. The van der Waals surface area contributed by atoms with Gasteiger partial charge in [0.05, 0.1) is 20.3 Å². The summed E-state index contributed by atoms with van der Waals surface area (Å²) in [7, 11) is 2.46. The highest BCUT2D eigenvalue weighted by atomic mass is 16.6. The van der Waals surface area contributed by atoms with Gasteiger partial charge in [-0.3, -0.25) is 0 Å². The molecule has 0 aliphatic carbocycles. The van der Waals surface area contributed by atoms with Gasteiger partial charge in [-0.2, -0.15) is 0 Å². The predicted octanol–water partition coefficient (Wildman–Crippen LogP) is -0.749. The second-order valence-electron chi connectivity index (χ2n) is 4.27. The number of esters is 2. The molecule has 0 amide bonds. The van der Waals surface area contributed by atoms with Crippen LogP contribution >= 0.6 is 0 Å². The number of ether oxygens (including phenoxy) is 3. The Labute approximate surface area is 126 Å². The Balaban J connectivity index is 2.08. The number of carbonyl (C=O) groups is 2. The largest absolute Gasteiger partial charge is 0.466 e. The van der Waals surface area contributed by atoms with Crippen LogP contribution in [0.4, 0.5) is 0 Å². The minimum absolute atomic E-state index is 0.0198. The monoisotopic (exact) mass is 306 g/mol. The Morgan fingerprint density at radius 2 is 2.18 bits per heavy atom. The standard InChI is InChI=1S/C15H15NO6/c1-19-14(17)8-11(15(18)20-2)16-6-5-10-3-4-12-13(7-10)22-9-21-12/h3-5,7-8H,6,9H2,1-2H3/p+1/b10-5-. The maximum atomic E-state index is 11.5. The molecule has 0 fully saturated rings. The molecule has 116 valence electrons. The molecule has 0 atom stereocenters. The highest BCUT2D eigenvalue weighted by Gasteiger charge is 2.15. The highest BCUT2D eigenvalue weighted by Crippen LogP contribution is 2.03. The maximum Gasteiger partial charge on any atom is 0.412 e. The number of nitrogens with one attached hydrogen (secondary N) is 1. The third-order valence-electron chi connectivity index (χ3n) is 2.90. The molecule has 0 aromatic heterocycles. The summed E-state index contributed by atoms with van der Waals surface area (Å²) in [5.74, 6) is -0.618. The van der Waals surface area contributed by atoms with E-state index in [2.05, 4.69) is 14.8 Å². The average Bonchev–Trinajstić information content (AvgIpc) is 3.00. The summed E-state index contributed by atoms with van der Waals surface area (Å²) in [5, 5.41) is 3.70. The third kappa shape index (κ3) is 3.85. The molecule has 0 spiro atoms. The van der Waals surface area contributed by atoms with Crippen molar-refractivity contribution in [2.24, 2.45) is 0 Å². The second-order valence-corrected chi connectivity index (χ2v) is 4.27. The molecule has 7 nitrogen and oxygen atoms in total. The highest BCUT2D eigenvalue weighted by molar-refractivity contribution is 5.95. The van der Waals surface area contributed by atoms with Gasteiger partial charge < -0.3 is 19.5 Å². The molecule has 22 heavy (non-hydrogen) atoms. The Morgan fingerprint density at radius 3 is 2.91 bits per heavy atom. The maximum absolute atomic E-state index is 11.5. The van der Waals surface area contributed by atoms with E-state index >= 15 is 0 Å². The molecule has 1 N–H and O–H groups in total. The van der Waals surface area contributed by atoms with E-state index in [0.29, 0.717) is 17.7 Å². The summed E-state index contributed by atoms with van der Waals surface area (Å²) in [6.07, 6.45) is 2.87. The van der Waals surface area contributed by atoms with Gasteiger partial charge in [0, 0.05) is 12.6 Å². The molecule has 0 bridgehead atoms. The van der Waals surface area contributed by atoms with E-state index in [1.807, 2.05) is 18.2 Å². The van der Waals surface area contributed by atoms with Gasteiger partial charge in [-0.15, -0.1) is 0 Å². The fraction of sp³-hybridized carbons (Fsp3) is 0.267. The van der Waals surface area contributed by atoms with E-state index in [0.717, 1.165) is 11.3 Å². The lowest BCUT2D eigenvalue weighted by Crippen LogP contribution is -2.24. The SMILES string of the molecule is COC(=O)C=C(NC/C=c1/ccc2c(c1)OC[O+]=2)C(=O)OC. The van der Waals surface area contributed by atoms with Gasteiger partial charge in [-0.25, -0.2) is 14.0 Å². The van der Waals surface area contributed by atoms with Crippen LogP contribution in [0.2, 0.25) is 0 Å². The minimum Gasteiger partial charge on any atom is -0.466 e. The predicted molar refractivity (Wildman–Crippen MR) is 78.0 cm³/mol. The van der Waals surface area contributed by atoms with Crippen molar-refractivity contribution in [2.75, 3.05) is 27.6 Å². The van der Waals surface area contributed by atoms with E-state index in [-0.39, 0.29) is 12.5 Å². The third-order valence-corrected chi connectivity index (χ3v) is 2.90. The molecule has 1 heterocycles. The van der Waals surface area contributed by atoms with Crippen molar-refractivity contribution in [1.82, 2.24) is 5.32 Å². The van der Waals surface area contributed by atoms with Crippen LogP contribution in [0, 0.1) is 0 Å². The smallest absolute Gasteiger partial charge is 0.412 e. The van der Waals surface area contributed by atoms with E-state index in [1.165, 1.54) is 14.2 Å². The first kappa shape index (κ1) is 15.6. The van der Waals surface area contributed by atoms with Crippen molar-refractivity contribution < 1.29 is 23.8 Å². The number of benzene rings is 1. The quantitative estimate of drug-likeness (QED) is 0.438. The average molecular weight is 306 g/mol. The molecule has 2 rings (SSSR count). The molecule has 0 unspecified atom stereocenters. The Hall–Kier alpha value is -2.83. The fourth-order valence-electron chi connectivity index (χ4n) is 1.79. The summed E-state index contributed by atoms with van der Waals surface area (Å²) in [6.45, 7) is 0.531. The summed E-state index contributed by atoms with van der Waals surface area (Å²) in [6, 6.07) is 5.49. The summed E-state index contributed by atoms with van der Waals surface area (Å²) in [5.41, 5.74) is 0.720. The van der Waals surface area contributed by atoms with Crippen LogP contribution in [0.5, 0.6) is 5.75 Å². The van der Waals surface area contributed by atoms with Crippen LogP contribution in [0.1, 0.15) is 0 Å². The first-order valence-electron chi connectivity index (χ1n) is 6.48. The zero-order valence-electron chi connectivity index (χ0n) is 12.3. The van der Waals surface area contributed by atoms with Crippen molar-refractivity contribution in [1.29, 1.82) is 0 Å². The second kappa shape index (κ2) is 7.26. The molecule has 1 aromatic rings. The van der Waals surface area contributed by atoms with Crippen LogP contribution in [0.15, 0.2) is 34.4 Å². The van der Waals surface area contributed by atoms with Gasteiger partial charge in [0.2, 0.25) is 5.75 Å². The van der Waals surface area contributed by atoms with Crippen LogP contribution in [-0.4, -0.2) is 39.5 Å². The molecule has 0 saturated carbocycles. The summed E-state index contributed by atoms with van der Waals surface area (Å²) < 4.78 is 19.6. The molecular weight excluding hydrogens is 290 g/mol. The number of carbonyl (C=O) groups excluding carboxylic acids is 2. The van der Waals surface area contributed by atoms with Crippen LogP contribution in [-0.2, 0) is 19.1 Å². The number of hydrogen-bond acceptors (Lipinski definition) is 6. The van der Waals surface area contributed by atoms with Crippen LogP contribution in [0.3, 0.4) is 0 Å². The normalized spacial score (nSPS) is 13.7. The van der Waals surface area contributed by atoms with Crippen LogP contribution < -0.4 is 20.7 Å². The lowest BCUT2D eigenvalue weighted by atomic mass is 10.2. The zero-order valence-corrected chi connectivity index (χ0v) is 12.3. The molecule has 1 aromatic carbocycles. The van der Waals surface area contributed by atoms with Crippen molar-refractivity contribution in [3.05, 3.63) is 45.0 Å². The Kier molecular flexibility index (Phi) is 5.13. The topological polar surface area (TPSA) is 85.2 Å². The number of rotatable bonds is 5. The zero-order chi connectivity index (χ0) is 15.9. The lowest BCUT2D eigenvalue weighted by molar-refractivity contribution is -0.138. The molecule has 0 radical (unpaired) electrons. The van der Waals surface area contributed by atoms with Gasteiger partial charge >= 0.3 is 24.2 Å². The first-order chi connectivity index (χ1) is 10.6.